The lowest BCUT2D eigenvalue weighted by Crippen LogP contribution is -2.55. The van der Waals surface area contributed by atoms with Gasteiger partial charge in [0.2, 0.25) is 11.8 Å². The van der Waals surface area contributed by atoms with Gasteiger partial charge in [0.15, 0.2) is 11.8 Å². The zero-order valence-corrected chi connectivity index (χ0v) is 25.8. The van der Waals surface area contributed by atoms with Crippen LogP contribution >= 0.6 is 0 Å². The van der Waals surface area contributed by atoms with Crippen LogP contribution in [0.15, 0.2) is 84.9 Å². The van der Waals surface area contributed by atoms with Crippen molar-refractivity contribution in [2.45, 2.75) is 64.1 Å². The fourth-order valence-corrected chi connectivity index (χ4v) is 6.66. The summed E-state index contributed by atoms with van der Waals surface area (Å²) in [4.78, 5) is 56.2. The Bertz CT molecular complexity index is 1710. The Hall–Kier alpha value is -4.80. The van der Waals surface area contributed by atoms with Crippen molar-refractivity contribution in [1.82, 2.24) is 4.90 Å². The van der Waals surface area contributed by atoms with E-state index in [2.05, 4.69) is 0 Å². The molecule has 1 unspecified atom stereocenters. The number of carbonyl (C=O) groups excluding carboxylic acids is 4. The van der Waals surface area contributed by atoms with E-state index in [0.29, 0.717) is 29.9 Å². The standard InChI is InChI=1S/C36H37N3O7/c1-23(9-8-14-32(42)37-21-27-13-7-6-12-26(27)17-29(37)22-40)36(45)30-18-28(39-33(43)19-34(39)46-24(2)41)15-16-31(30)38(35(36)44)20-25-10-4-3-5-11-25/h3-13,15-16,18,23,29,34,40,45H,14,17,19-22H2,1-2H3/b9-8+/t23-,29-,34?,36+/m0/s1. The molecule has 0 saturated carbocycles. The van der Waals surface area contributed by atoms with Gasteiger partial charge < -0.3 is 24.7 Å². The van der Waals surface area contributed by atoms with Gasteiger partial charge in [0.25, 0.3) is 5.91 Å². The van der Waals surface area contributed by atoms with Crippen molar-refractivity contribution in [1.29, 1.82) is 0 Å². The summed E-state index contributed by atoms with van der Waals surface area (Å²) in [6.07, 6.45) is 3.21. The maximum absolute atomic E-state index is 14.1. The normalized spacial score (nSPS) is 22.8. The average Bonchev–Trinajstić information content (AvgIpc) is 3.26. The molecule has 0 aliphatic carbocycles. The summed E-state index contributed by atoms with van der Waals surface area (Å²) in [5, 5.41) is 22.2. The number of carbonyl (C=O) groups is 4. The molecular formula is C36H37N3O7. The van der Waals surface area contributed by atoms with Gasteiger partial charge in [-0.25, -0.2) is 0 Å². The largest absolute Gasteiger partial charge is 0.441 e. The maximum Gasteiger partial charge on any atom is 0.304 e. The molecule has 6 rings (SSSR count). The predicted molar refractivity (Wildman–Crippen MR) is 170 cm³/mol. The number of esters is 1. The SMILES string of the molecule is CC(=O)OC1CC(=O)N1c1ccc2c(c1)[C@](O)([C@@H](C)/C=C/CC(=O)N1Cc3ccccc3C[C@H]1CO)C(=O)N2Cc1ccccc1. The first-order valence-corrected chi connectivity index (χ1v) is 15.5. The molecule has 0 aromatic heterocycles. The van der Waals surface area contributed by atoms with Gasteiger partial charge in [-0.1, -0.05) is 73.7 Å². The maximum atomic E-state index is 14.1. The fourth-order valence-electron chi connectivity index (χ4n) is 6.66. The molecular weight excluding hydrogens is 586 g/mol. The number of benzene rings is 3. The number of ether oxygens (including phenoxy) is 1. The van der Waals surface area contributed by atoms with Crippen molar-refractivity contribution < 1.29 is 34.1 Å². The van der Waals surface area contributed by atoms with E-state index in [1.807, 2.05) is 54.6 Å². The first-order valence-electron chi connectivity index (χ1n) is 15.5. The van der Waals surface area contributed by atoms with E-state index in [4.69, 9.17) is 4.74 Å². The molecule has 4 atom stereocenters. The number of fused-ring (bicyclic) bond motifs is 2. The number of hydrogen-bond acceptors (Lipinski definition) is 7. The Morgan fingerprint density at radius 3 is 2.43 bits per heavy atom. The number of amides is 3. The lowest BCUT2D eigenvalue weighted by atomic mass is 9.82. The molecule has 1 fully saturated rings. The van der Waals surface area contributed by atoms with Crippen molar-refractivity contribution in [3.05, 3.63) is 107 Å². The third-order valence-electron chi connectivity index (χ3n) is 9.19. The van der Waals surface area contributed by atoms with E-state index < -0.39 is 29.6 Å². The lowest BCUT2D eigenvalue weighted by Gasteiger charge is -2.39. The quantitative estimate of drug-likeness (QED) is 0.212. The molecule has 238 valence electrons. The van der Waals surface area contributed by atoms with Gasteiger partial charge in [-0.2, -0.15) is 0 Å². The molecule has 3 aromatic rings. The molecule has 3 heterocycles. The van der Waals surface area contributed by atoms with Crippen LogP contribution in [0.4, 0.5) is 11.4 Å². The van der Waals surface area contributed by atoms with Gasteiger partial charge in [0, 0.05) is 37.1 Å². The second kappa shape index (κ2) is 12.5. The Morgan fingerprint density at radius 1 is 1.02 bits per heavy atom. The van der Waals surface area contributed by atoms with E-state index in [0.717, 1.165) is 16.7 Å². The van der Waals surface area contributed by atoms with Gasteiger partial charge in [-0.05, 0) is 41.3 Å². The summed E-state index contributed by atoms with van der Waals surface area (Å²) in [5.41, 5.74) is 2.27. The van der Waals surface area contributed by atoms with Crippen LogP contribution in [0.2, 0.25) is 0 Å². The molecule has 0 radical (unpaired) electrons. The van der Waals surface area contributed by atoms with Crippen molar-refractivity contribution >= 4 is 35.1 Å². The smallest absolute Gasteiger partial charge is 0.304 e. The second-order valence-electron chi connectivity index (χ2n) is 12.1. The van der Waals surface area contributed by atoms with Crippen LogP contribution in [0.25, 0.3) is 0 Å². The highest BCUT2D eigenvalue weighted by molar-refractivity contribution is 6.08. The Labute approximate surface area is 267 Å². The van der Waals surface area contributed by atoms with Crippen LogP contribution in [0.1, 0.15) is 48.9 Å². The predicted octanol–water partition coefficient (Wildman–Crippen LogP) is 3.58. The van der Waals surface area contributed by atoms with Crippen molar-refractivity contribution in [2.75, 3.05) is 16.4 Å². The minimum atomic E-state index is -2.00. The molecule has 10 nitrogen and oxygen atoms in total. The van der Waals surface area contributed by atoms with Crippen LogP contribution in [-0.4, -0.2) is 57.7 Å². The molecule has 0 spiro atoms. The minimum Gasteiger partial charge on any atom is -0.441 e. The monoisotopic (exact) mass is 623 g/mol. The van der Waals surface area contributed by atoms with E-state index in [-0.39, 0.29) is 43.8 Å². The Balaban J connectivity index is 1.27. The third kappa shape index (κ3) is 5.59. The number of β-lactam (4-membered cyclic amide) rings is 1. The van der Waals surface area contributed by atoms with Crippen LogP contribution < -0.4 is 9.80 Å². The molecule has 3 aliphatic heterocycles. The number of hydrogen-bond donors (Lipinski definition) is 2. The molecule has 3 aliphatic rings. The minimum absolute atomic E-state index is 0.0280. The summed E-state index contributed by atoms with van der Waals surface area (Å²) in [6, 6.07) is 22.0. The van der Waals surface area contributed by atoms with Crippen molar-refractivity contribution in [3.8, 4) is 0 Å². The Kier molecular flexibility index (Phi) is 8.50. The first kappa shape index (κ1) is 31.2. The summed E-state index contributed by atoms with van der Waals surface area (Å²) in [6.45, 7) is 3.46. The van der Waals surface area contributed by atoms with E-state index >= 15 is 0 Å². The van der Waals surface area contributed by atoms with Gasteiger partial charge >= 0.3 is 5.97 Å². The number of aliphatic hydroxyl groups is 2. The Morgan fingerprint density at radius 2 is 1.74 bits per heavy atom. The third-order valence-corrected chi connectivity index (χ3v) is 9.19. The number of nitrogens with zero attached hydrogens (tertiary/aromatic N) is 3. The average molecular weight is 624 g/mol. The molecule has 46 heavy (non-hydrogen) atoms. The molecule has 10 heteroatoms. The summed E-state index contributed by atoms with van der Waals surface area (Å²) >= 11 is 0. The molecule has 1 saturated heterocycles. The summed E-state index contributed by atoms with van der Waals surface area (Å²) < 4.78 is 5.29. The molecule has 2 N–H and O–H groups in total. The van der Waals surface area contributed by atoms with Crippen LogP contribution in [-0.2, 0) is 49.0 Å². The number of aliphatic hydroxyl groups excluding tert-OH is 1. The van der Waals surface area contributed by atoms with Crippen LogP contribution in [0.3, 0.4) is 0 Å². The highest BCUT2D eigenvalue weighted by Crippen LogP contribution is 2.48. The van der Waals surface area contributed by atoms with Gasteiger partial charge in [-0.15, -0.1) is 0 Å². The zero-order chi connectivity index (χ0) is 32.6. The molecule has 3 amide bonds. The number of anilines is 2. The van der Waals surface area contributed by atoms with Crippen molar-refractivity contribution in [2.24, 2.45) is 5.92 Å². The van der Waals surface area contributed by atoms with E-state index in [9.17, 15) is 29.4 Å². The van der Waals surface area contributed by atoms with Crippen LogP contribution in [0, 0.1) is 5.92 Å². The zero-order valence-electron chi connectivity index (χ0n) is 25.8. The highest BCUT2D eigenvalue weighted by atomic mass is 16.6. The second-order valence-corrected chi connectivity index (χ2v) is 12.1. The van der Waals surface area contributed by atoms with Crippen molar-refractivity contribution in [3.63, 3.8) is 0 Å². The highest BCUT2D eigenvalue weighted by Gasteiger charge is 2.53. The lowest BCUT2D eigenvalue weighted by molar-refractivity contribution is -0.154. The van der Waals surface area contributed by atoms with Gasteiger partial charge in [-0.3, -0.25) is 24.1 Å². The summed E-state index contributed by atoms with van der Waals surface area (Å²) in [7, 11) is 0. The van der Waals surface area contributed by atoms with Gasteiger partial charge in [0.05, 0.1) is 31.3 Å². The van der Waals surface area contributed by atoms with E-state index in [1.54, 1.807) is 42.2 Å². The number of rotatable bonds is 9. The van der Waals surface area contributed by atoms with Crippen LogP contribution in [0.5, 0.6) is 0 Å². The van der Waals surface area contributed by atoms with E-state index in [1.165, 1.54) is 16.7 Å². The first-order chi connectivity index (χ1) is 22.1. The summed E-state index contributed by atoms with van der Waals surface area (Å²) in [5.74, 6) is -2.20. The molecule has 3 aromatic carbocycles. The molecule has 0 bridgehead atoms. The van der Waals surface area contributed by atoms with Gasteiger partial charge in [0.1, 0.15) is 0 Å². The topological polar surface area (TPSA) is 128 Å². The fraction of sp³-hybridized carbons (Fsp3) is 0.333.